The molecule has 0 aliphatic heterocycles. The van der Waals surface area contributed by atoms with Crippen molar-refractivity contribution in [1.82, 2.24) is 0 Å². The van der Waals surface area contributed by atoms with Gasteiger partial charge in [-0.1, -0.05) is 32.9 Å². The molecule has 1 atom stereocenters. The smallest absolute Gasteiger partial charge is 0.341 e. The molecule has 224 valence electrons. The van der Waals surface area contributed by atoms with E-state index in [1.807, 2.05) is 12.1 Å². The average molecular weight is 611 g/mol. The molecule has 8 nitrogen and oxygen atoms in total. The minimum atomic E-state index is -0.387. The van der Waals surface area contributed by atoms with Crippen molar-refractivity contribution in [2.75, 3.05) is 37.2 Å². The normalized spacial score (nSPS) is 14.5. The lowest BCUT2D eigenvalue weighted by molar-refractivity contribution is -0.113. The molecule has 1 unspecified atom stereocenters. The molecule has 1 aliphatic rings. The molecule has 2 N–H and O–H groups in total. The SMILES string of the molecule is CCOC(=O)c1c(NC(=O)CSc2cccc(NC(=O)c3c(OC)cccc3OC)c2)sc2c1CCC(C(C)(C)C)C2. The molecule has 10 heteroatoms. The zero-order valence-electron chi connectivity index (χ0n) is 24.9. The van der Waals surface area contributed by atoms with Crippen molar-refractivity contribution in [3.05, 3.63) is 64.0 Å². The van der Waals surface area contributed by atoms with Gasteiger partial charge in [0, 0.05) is 15.5 Å². The maximum absolute atomic E-state index is 13.1. The van der Waals surface area contributed by atoms with Crippen molar-refractivity contribution in [3.63, 3.8) is 0 Å². The van der Waals surface area contributed by atoms with Crippen LogP contribution in [0.3, 0.4) is 0 Å². The van der Waals surface area contributed by atoms with E-state index >= 15 is 0 Å². The molecule has 0 fully saturated rings. The Kier molecular flexibility index (Phi) is 10.2. The molecule has 3 aromatic rings. The summed E-state index contributed by atoms with van der Waals surface area (Å²) in [6, 6.07) is 12.4. The standard InChI is InChI=1S/C32H38N2O6S2/c1-7-40-31(37)27-22-15-14-19(32(2,3)4)16-25(22)42-30(27)34-26(35)18-41-21-11-8-10-20(17-21)33-29(36)28-23(38-5)12-9-13-24(28)39-6/h8-13,17,19H,7,14-16,18H2,1-6H3,(H,33,36)(H,34,35). The summed E-state index contributed by atoms with van der Waals surface area (Å²) in [5, 5.41) is 6.43. The van der Waals surface area contributed by atoms with Crippen LogP contribution < -0.4 is 20.1 Å². The summed E-state index contributed by atoms with van der Waals surface area (Å²) >= 11 is 2.83. The number of methoxy groups -OCH3 is 2. The zero-order valence-corrected chi connectivity index (χ0v) is 26.6. The highest BCUT2D eigenvalue weighted by molar-refractivity contribution is 8.00. The zero-order chi connectivity index (χ0) is 30.4. The third-order valence-corrected chi connectivity index (χ3v) is 9.50. The third-order valence-electron chi connectivity index (χ3n) is 7.34. The molecule has 1 aromatic heterocycles. The average Bonchev–Trinajstić information content (AvgIpc) is 3.32. The van der Waals surface area contributed by atoms with Crippen LogP contribution in [0.15, 0.2) is 47.4 Å². The number of ether oxygens (including phenoxy) is 3. The van der Waals surface area contributed by atoms with Gasteiger partial charge in [-0.05, 0) is 73.4 Å². The Labute approximate surface area is 255 Å². The molecule has 2 amide bonds. The number of carbonyl (C=O) groups is 3. The van der Waals surface area contributed by atoms with Gasteiger partial charge in [0.25, 0.3) is 5.91 Å². The summed E-state index contributed by atoms with van der Waals surface area (Å²) in [6.45, 7) is 8.80. The Morgan fingerprint density at radius 3 is 2.33 bits per heavy atom. The van der Waals surface area contributed by atoms with Gasteiger partial charge in [0.05, 0.1) is 32.1 Å². The summed E-state index contributed by atoms with van der Waals surface area (Å²) in [4.78, 5) is 41.0. The first-order chi connectivity index (χ1) is 20.0. The first-order valence-corrected chi connectivity index (χ1v) is 15.7. The highest BCUT2D eigenvalue weighted by Crippen LogP contribution is 2.44. The highest BCUT2D eigenvalue weighted by atomic mass is 32.2. The van der Waals surface area contributed by atoms with E-state index in [2.05, 4.69) is 31.4 Å². The molecule has 1 aliphatic carbocycles. The van der Waals surface area contributed by atoms with E-state index in [4.69, 9.17) is 14.2 Å². The molecule has 0 saturated carbocycles. The maximum atomic E-state index is 13.1. The van der Waals surface area contributed by atoms with Crippen LogP contribution in [0.2, 0.25) is 0 Å². The number of nitrogens with one attached hydrogen (secondary N) is 2. The number of hydrogen-bond donors (Lipinski definition) is 2. The fourth-order valence-electron chi connectivity index (χ4n) is 5.08. The molecule has 0 saturated heterocycles. The number of anilines is 2. The molecule has 0 spiro atoms. The van der Waals surface area contributed by atoms with Gasteiger partial charge in [-0.3, -0.25) is 9.59 Å². The summed E-state index contributed by atoms with van der Waals surface area (Å²) < 4.78 is 16.1. The second kappa shape index (κ2) is 13.6. The number of fused-ring (bicyclic) bond motifs is 1. The highest BCUT2D eigenvalue weighted by Gasteiger charge is 2.34. The van der Waals surface area contributed by atoms with E-state index in [9.17, 15) is 14.4 Å². The van der Waals surface area contributed by atoms with Crippen molar-refractivity contribution in [2.45, 2.75) is 51.9 Å². The topological polar surface area (TPSA) is 103 Å². The predicted molar refractivity (Wildman–Crippen MR) is 169 cm³/mol. The van der Waals surface area contributed by atoms with E-state index in [1.165, 1.54) is 37.3 Å². The molecule has 4 rings (SSSR count). The van der Waals surface area contributed by atoms with Crippen LogP contribution in [0.25, 0.3) is 0 Å². The Morgan fingerprint density at radius 1 is 1.00 bits per heavy atom. The fourth-order valence-corrected chi connectivity index (χ4v) is 7.16. The largest absolute Gasteiger partial charge is 0.496 e. The van der Waals surface area contributed by atoms with Gasteiger partial charge in [-0.15, -0.1) is 23.1 Å². The second-order valence-electron chi connectivity index (χ2n) is 11.1. The van der Waals surface area contributed by atoms with Crippen LogP contribution >= 0.6 is 23.1 Å². The lowest BCUT2D eigenvalue weighted by Crippen LogP contribution is -2.26. The van der Waals surface area contributed by atoms with Gasteiger partial charge in [-0.25, -0.2) is 4.79 Å². The van der Waals surface area contributed by atoms with E-state index in [0.717, 1.165) is 34.6 Å². The Balaban J connectivity index is 1.45. The minimum Gasteiger partial charge on any atom is -0.496 e. The maximum Gasteiger partial charge on any atom is 0.341 e. The Hall–Kier alpha value is -3.50. The van der Waals surface area contributed by atoms with Gasteiger partial charge >= 0.3 is 5.97 Å². The van der Waals surface area contributed by atoms with Crippen molar-refractivity contribution in [3.8, 4) is 11.5 Å². The number of rotatable bonds is 10. The van der Waals surface area contributed by atoms with Gasteiger partial charge in [0.2, 0.25) is 5.91 Å². The minimum absolute atomic E-state index is 0.132. The Bertz CT molecular complexity index is 1440. The first-order valence-electron chi connectivity index (χ1n) is 13.9. The molecule has 1 heterocycles. The molecule has 0 bridgehead atoms. The summed E-state index contributed by atoms with van der Waals surface area (Å²) in [7, 11) is 3.00. The third kappa shape index (κ3) is 7.28. The number of carbonyl (C=O) groups excluding carboxylic acids is 3. The summed E-state index contributed by atoms with van der Waals surface area (Å²) in [5.41, 5.74) is 2.54. The predicted octanol–water partition coefficient (Wildman–Crippen LogP) is 7.08. The lowest BCUT2D eigenvalue weighted by atomic mass is 9.72. The van der Waals surface area contributed by atoms with Crippen LogP contribution in [-0.4, -0.2) is 44.4 Å². The van der Waals surface area contributed by atoms with Gasteiger partial charge < -0.3 is 24.8 Å². The number of benzene rings is 2. The van der Waals surface area contributed by atoms with Crippen LogP contribution in [-0.2, 0) is 22.4 Å². The summed E-state index contributed by atoms with van der Waals surface area (Å²) in [6.07, 6.45) is 2.69. The van der Waals surface area contributed by atoms with Crippen molar-refractivity contribution >= 4 is 51.6 Å². The fraction of sp³-hybridized carbons (Fsp3) is 0.406. The van der Waals surface area contributed by atoms with Crippen LogP contribution in [0.5, 0.6) is 11.5 Å². The molecular weight excluding hydrogens is 572 g/mol. The monoisotopic (exact) mass is 610 g/mol. The second-order valence-corrected chi connectivity index (χ2v) is 13.2. The Morgan fingerprint density at radius 2 is 1.69 bits per heavy atom. The molecule has 2 aromatic carbocycles. The van der Waals surface area contributed by atoms with E-state index in [0.29, 0.717) is 39.2 Å². The molecular formula is C32H38N2O6S2. The van der Waals surface area contributed by atoms with Gasteiger partial charge in [0.1, 0.15) is 22.1 Å². The summed E-state index contributed by atoms with van der Waals surface area (Å²) in [5.74, 6) is 0.473. The number of thiophene rings is 1. The van der Waals surface area contributed by atoms with Crippen molar-refractivity contribution in [2.24, 2.45) is 11.3 Å². The lowest BCUT2D eigenvalue weighted by Gasteiger charge is -2.33. The molecule has 42 heavy (non-hydrogen) atoms. The number of esters is 1. The van der Waals surface area contributed by atoms with Crippen molar-refractivity contribution < 1.29 is 28.6 Å². The van der Waals surface area contributed by atoms with Crippen LogP contribution in [0.4, 0.5) is 10.7 Å². The number of hydrogen-bond acceptors (Lipinski definition) is 8. The number of thioether (sulfide) groups is 1. The van der Waals surface area contributed by atoms with Crippen molar-refractivity contribution in [1.29, 1.82) is 0 Å². The van der Waals surface area contributed by atoms with Crippen LogP contribution in [0, 0.1) is 11.3 Å². The quantitative estimate of drug-likeness (QED) is 0.187. The number of amides is 2. The first kappa shape index (κ1) is 31.4. The van der Waals surface area contributed by atoms with E-state index in [1.54, 1.807) is 37.3 Å². The van der Waals surface area contributed by atoms with E-state index in [-0.39, 0.29) is 35.6 Å². The van der Waals surface area contributed by atoms with Gasteiger partial charge in [0.15, 0.2) is 0 Å². The van der Waals surface area contributed by atoms with E-state index < -0.39 is 0 Å². The van der Waals surface area contributed by atoms with Crippen LogP contribution in [0.1, 0.15) is 65.3 Å². The van der Waals surface area contributed by atoms with Gasteiger partial charge in [-0.2, -0.15) is 0 Å². The molecule has 0 radical (unpaired) electrons.